The molecular formula is C26H29F3N6O3. The third kappa shape index (κ3) is 5.26. The zero-order valence-electron chi connectivity index (χ0n) is 21.0. The van der Waals surface area contributed by atoms with Crippen LogP contribution in [0.3, 0.4) is 0 Å². The van der Waals surface area contributed by atoms with Crippen molar-refractivity contribution in [3.05, 3.63) is 53.9 Å². The number of hydrogen-bond donors (Lipinski definition) is 3. The summed E-state index contributed by atoms with van der Waals surface area (Å²) in [5, 5.41) is 13.7. The number of benzene rings is 1. The Hall–Kier alpha value is -3.80. The molecule has 202 valence electrons. The summed E-state index contributed by atoms with van der Waals surface area (Å²) in [5.41, 5.74) is 1.64. The summed E-state index contributed by atoms with van der Waals surface area (Å²) in [7, 11) is 2.98. The Labute approximate surface area is 217 Å². The SMILES string of the molecule is COc1ccc(C2CC(C(F)(F)F)n3nc(-c4ccnc(C(=O)NC5CCNCC5)c4)cc3N2)cc1OC. The first-order valence-corrected chi connectivity index (χ1v) is 12.4. The molecule has 2 aliphatic rings. The number of methoxy groups -OCH3 is 2. The van der Waals surface area contributed by atoms with Crippen molar-refractivity contribution < 1.29 is 27.4 Å². The summed E-state index contributed by atoms with van der Waals surface area (Å²) in [4.78, 5) is 16.9. The molecule has 1 amide bonds. The number of piperidine rings is 1. The number of nitrogens with one attached hydrogen (secondary N) is 3. The Kier molecular flexibility index (Phi) is 7.15. The van der Waals surface area contributed by atoms with Crippen LogP contribution in [0.4, 0.5) is 19.0 Å². The van der Waals surface area contributed by atoms with E-state index in [0.717, 1.165) is 30.6 Å². The number of halogens is 3. The lowest BCUT2D eigenvalue weighted by atomic mass is 9.96. The lowest BCUT2D eigenvalue weighted by Crippen LogP contribution is -2.42. The molecule has 0 radical (unpaired) electrons. The minimum atomic E-state index is -4.52. The van der Waals surface area contributed by atoms with E-state index in [4.69, 9.17) is 9.47 Å². The molecule has 0 saturated carbocycles. The van der Waals surface area contributed by atoms with E-state index in [9.17, 15) is 18.0 Å². The van der Waals surface area contributed by atoms with Crippen molar-refractivity contribution in [2.75, 3.05) is 32.6 Å². The molecule has 1 fully saturated rings. The highest BCUT2D eigenvalue weighted by molar-refractivity contribution is 5.93. The van der Waals surface area contributed by atoms with Gasteiger partial charge in [0.05, 0.1) is 26.0 Å². The van der Waals surface area contributed by atoms with Crippen LogP contribution in [0.15, 0.2) is 42.6 Å². The second-order valence-electron chi connectivity index (χ2n) is 9.39. The van der Waals surface area contributed by atoms with Crippen molar-refractivity contribution in [1.29, 1.82) is 0 Å². The molecule has 1 saturated heterocycles. The van der Waals surface area contributed by atoms with Gasteiger partial charge in [0.15, 0.2) is 17.5 Å². The van der Waals surface area contributed by atoms with Crippen LogP contribution in [0.5, 0.6) is 11.5 Å². The van der Waals surface area contributed by atoms with Gasteiger partial charge in [-0.05, 0) is 55.8 Å². The van der Waals surface area contributed by atoms with E-state index in [1.807, 2.05) is 0 Å². The third-order valence-electron chi connectivity index (χ3n) is 6.96. The van der Waals surface area contributed by atoms with Crippen molar-refractivity contribution in [2.45, 2.75) is 43.6 Å². The Morgan fingerprint density at radius 1 is 1.08 bits per heavy atom. The molecule has 4 heterocycles. The molecule has 38 heavy (non-hydrogen) atoms. The maximum Gasteiger partial charge on any atom is 0.410 e. The van der Waals surface area contributed by atoms with Gasteiger partial charge in [-0.3, -0.25) is 9.78 Å². The highest BCUT2D eigenvalue weighted by atomic mass is 19.4. The van der Waals surface area contributed by atoms with E-state index in [2.05, 4.69) is 26.0 Å². The molecular weight excluding hydrogens is 501 g/mol. The molecule has 9 nitrogen and oxygen atoms in total. The second kappa shape index (κ2) is 10.5. The number of aromatic nitrogens is 3. The Balaban J connectivity index is 1.43. The average Bonchev–Trinajstić information content (AvgIpc) is 3.36. The van der Waals surface area contributed by atoms with Crippen molar-refractivity contribution >= 4 is 11.7 Å². The molecule has 2 aromatic heterocycles. The number of pyridine rings is 1. The number of carbonyl (C=O) groups excluding carboxylic acids is 1. The van der Waals surface area contributed by atoms with Crippen LogP contribution in [-0.4, -0.2) is 60.2 Å². The molecule has 3 N–H and O–H groups in total. The number of carbonyl (C=O) groups is 1. The summed E-state index contributed by atoms with van der Waals surface area (Å²) in [5.74, 6) is 0.833. The number of hydrogen-bond acceptors (Lipinski definition) is 7. The molecule has 5 rings (SSSR count). The lowest BCUT2D eigenvalue weighted by Gasteiger charge is -2.33. The molecule has 2 aliphatic heterocycles. The quantitative estimate of drug-likeness (QED) is 0.441. The fourth-order valence-corrected chi connectivity index (χ4v) is 4.94. The van der Waals surface area contributed by atoms with Gasteiger partial charge in [-0.15, -0.1) is 0 Å². The van der Waals surface area contributed by atoms with Crippen molar-refractivity contribution in [2.24, 2.45) is 0 Å². The Morgan fingerprint density at radius 3 is 2.55 bits per heavy atom. The first-order valence-electron chi connectivity index (χ1n) is 12.4. The van der Waals surface area contributed by atoms with Gasteiger partial charge < -0.3 is 25.4 Å². The zero-order valence-corrected chi connectivity index (χ0v) is 21.0. The van der Waals surface area contributed by atoms with Crippen LogP contribution in [-0.2, 0) is 0 Å². The van der Waals surface area contributed by atoms with Gasteiger partial charge in [-0.1, -0.05) is 6.07 Å². The standard InChI is InChI=1S/C26H29F3N6O3/c1-37-21-4-3-15(12-22(21)38-2)18-13-23(26(27,28)29)35-24(33-18)14-19(34-35)16-5-10-31-20(11-16)25(36)32-17-6-8-30-9-7-17/h3-5,10-12,14,17-18,23,30,33H,6-9,13H2,1-2H3,(H,32,36). The molecule has 0 aliphatic carbocycles. The number of rotatable bonds is 6. The third-order valence-corrected chi connectivity index (χ3v) is 6.96. The summed E-state index contributed by atoms with van der Waals surface area (Å²) < 4.78 is 54.1. The van der Waals surface area contributed by atoms with Gasteiger partial charge in [-0.2, -0.15) is 18.3 Å². The average molecular weight is 531 g/mol. The number of ether oxygens (including phenoxy) is 2. The largest absolute Gasteiger partial charge is 0.493 e. The summed E-state index contributed by atoms with van der Waals surface area (Å²) >= 11 is 0. The molecule has 3 aromatic rings. The summed E-state index contributed by atoms with van der Waals surface area (Å²) in [6.07, 6.45) is -1.66. The topological polar surface area (TPSA) is 102 Å². The molecule has 0 bridgehead atoms. The van der Waals surface area contributed by atoms with Crippen molar-refractivity contribution in [3.63, 3.8) is 0 Å². The van der Waals surface area contributed by atoms with E-state index in [1.54, 1.807) is 36.4 Å². The zero-order chi connectivity index (χ0) is 26.9. The number of amides is 1. The highest BCUT2D eigenvalue weighted by Crippen LogP contribution is 2.45. The van der Waals surface area contributed by atoms with E-state index < -0.39 is 18.3 Å². The normalized spacial score (nSPS) is 19.8. The van der Waals surface area contributed by atoms with Gasteiger partial charge in [0, 0.05) is 30.3 Å². The van der Waals surface area contributed by atoms with Crippen molar-refractivity contribution in [3.8, 4) is 22.8 Å². The van der Waals surface area contributed by atoms with Crippen LogP contribution >= 0.6 is 0 Å². The number of alkyl halides is 3. The maximum absolute atomic E-state index is 14.2. The van der Waals surface area contributed by atoms with Gasteiger partial charge >= 0.3 is 6.18 Å². The predicted octanol–water partition coefficient (Wildman–Crippen LogP) is 4.10. The first kappa shape index (κ1) is 25.8. The van der Waals surface area contributed by atoms with Crippen LogP contribution in [0.25, 0.3) is 11.3 Å². The van der Waals surface area contributed by atoms with Gasteiger partial charge in [-0.25, -0.2) is 4.68 Å². The van der Waals surface area contributed by atoms with E-state index >= 15 is 0 Å². The molecule has 12 heteroatoms. The predicted molar refractivity (Wildman–Crippen MR) is 134 cm³/mol. The second-order valence-corrected chi connectivity index (χ2v) is 9.39. The van der Waals surface area contributed by atoms with E-state index in [-0.39, 0.29) is 29.9 Å². The van der Waals surface area contributed by atoms with E-state index in [1.165, 1.54) is 20.4 Å². The Morgan fingerprint density at radius 2 is 1.84 bits per heavy atom. The van der Waals surface area contributed by atoms with E-state index in [0.29, 0.717) is 28.3 Å². The summed E-state index contributed by atoms with van der Waals surface area (Å²) in [6.45, 7) is 1.66. The fourth-order valence-electron chi connectivity index (χ4n) is 4.94. The number of nitrogens with zero attached hydrogens (tertiary/aromatic N) is 3. The fraction of sp³-hybridized carbons (Fsp3) is 0.423. The van der Waals surface area contributed by atoms with Crippen LogP contribution in [0.1, 0.15) is 47.4 Å². The molecule has 0 spiro atoms. The van der Waals surface area contributed by atoms with Crippen LogP contribution in [0.2, 0.25) is 0 Å². The molecule has 1 aromatic carbocycles. The minimum Gasteiger partial charge on any atom is -0.493 e. The smallest absolute Gasteiger partial charge is 0.410 e. The number of anilines is 1. The van der Waals surface area contributed by atoms with Crippen LogP contribution in [0, 0.1) is 0 Å². The number of fused-ring (bicyclic) bond motifs is 1. The van der Waals surface area contributed by atoms with Gasteiger partial charge in [0.2, 0.25) is 0 Å². The summed E-state index contributed by atoms with van der Waals surface area (Å²) in [6, 6.07) is 7.39. The molecule has 2 unspecified atom stereocenters. The lowest BCUT2D eigenvalue weighted by molar-refractivity contribution is -0.173. The van der Waals surface area contributed by atoms with Gasteiger partial charge in [0.1, 0.15) is 11.5 Å². The first-order chi connectivity index (χ1) is 18.3. The Bertz CT molecular complexity index is 1310. The maximum atomic E-state index is 14.2. The minimum absolute atomic E-state index is 0.0550. The van der Waals surface area contributed by atoms with Crippen molar-refractivity contribution in [1.82, 2.24) is 25.4 Å². The van der Waals surface area contributed by atoms with Crippen LogP contribution < -0.4 is 25.4 Å². The monoisotopic (exact) mass is 530 g/mol. The molecule has 2 atom stereocenters. The van der Waals surface area contributed by atoms with Gasteiger partial charge in [0.25, 0.3) is 5.91 Å². The highest BCUT2D eigenvalue weighted by Gasteiger charge is 2.46.